The van der Waals surface area contributed by atoms with Gasteiger partial charge in [-0.2, -0.15) is 0 Å². The first-order valence-corrected chi connectivity index (χ1v) is 7.54. The van der Waals surface area contributed by atoms with Crippen molar-refractivity contribution in [1.29, 1.82) is 0 Å². The van der Waals surface area contributed by atoms with Crippen LogP contribution in [0.25, 0.3) is 0 Å². The van der Waals surface area contributed by atoms with E-state index in [2.05, 4.69) is 4.90 Å². The van der Waals surface area contributed by atoms with E-state index in [1.54, 1.807) is 12.1 Å². The van der Waals surface area contributed by atoms with Crippen LogP contribution in [0.15, 0.2) is 18.2 Å². The van der Waals surface area contributed by atoms with Crippen molar-refractivity contribution in [2.75, 3.05) is 18.0 Å². The van der Waals surface area contributed by atoms with Crippen molar-refractivity contribution in [2.45, 2.75) is 51.0 Å². The fraction of sp³-hybridized carbons (Fsp3) is 0.625. The molecule has 0 amide bonds. The van der Waals surface area contributed by atoms with Gasteiger partial charge in [-0.25, -0.2) is 4.39 Å². The van der Waals surface area contributed by atoms with Crippen molar-refractivity contribution in [3.63, 3.8) is 0 Å². The first-order valence-electron chi connectivity index (χ1n) is 7.54. The van der Waals surface area contributed by atoms with Gasteiger partial charge in [-0.1, -0.05) is 6.42 Å². The molecule has 3 heteroatoms. The lowest BCUT2D eigenvalue weighted by atomic mass is 9.98. The number of hydrogen-bond acceptors (Lipinski definition) is 2. The third kappa shape index (κ3) is 3.02. The Morgan fingerprint density at radius 2 is 1.74 bits per heavy atom. The molecule has 0 aromatic heterocycles. The van der Waals surface area contributed by atoms with Gasteiger partial charge in [0.2, 0.25) is 0 Å². The second kappa shape index (κ2) is 5.81. The fourth-order valence-corrected chi connectivity index (χ4v) is 3.12. The monoisotopic (exact) mass is 263 g/mol. The Kier molecular flexibility index (Phi) is 3.90. The highest BCUT2D eigenvalue weighted by Gasteiger charge is 2.18. The van der Waals surface area contributed by atoms with E-state index in [-0.39, 0.29) is 11.9 Å². The van der Waals surface area contributed by atoms with E-state index < -0.39 is 0 Å². The number of nitrogens with zero attached hydrogens (tertiary/aromatic N) is 1. The predicted molar refractivity (Wildman–Crippen MR) is 75.3 cm³/mol. The van der Waals surface area contributed by atoms with Gasteiger partial charge in [-0.05, 0) is 50.7 Å². The van der Waals surface area contributed by atoms with E-state index in [1.165, 1.54) is 32.1 Å². The maximum absolute atomic E-state index is 14.1. The molecule has 1 aliphatic carbocycles. The number of benzene rings is 1. The van der Waals surface area contributed by atoms with Crippen molar-refractivity contribution in [1.82, 2.24) is 0 Å². The van der Waals surface area contributed by atoms with Crippen LogP contribution >= 0.6 is 0 Å². The maximum Gasteiger partial charge on any atom is 0.167 e. The predicted octanol–water partition coefficient (Wildman–Crippen LogP) is 4.14. The van der Waals surface area contributed by atoms with E-state index in [4.69, 9.17) is 4.74 Å². The molecule has 2 nitrogen and oxygen atoms in total. The summed E-state index contributed by atoms with van der Waals surface area (Å²) >= 11 is 0. The summed E-state index contributed by atoms with van der Waals surface area (Å²) < 4.78 is 19.9. The van der Waals surface area contributed by atoms with Gasteiger partial charge in [0.05, 0.1) is 6.10 Å². The number of hydrogen-bond donors (Lipinski definition) is 0. The van der Waals surface area contributed by atoms with Crippen LogP contribution in [0.3, 0.4) is 0 Å². The highest BCUT2D eigenvalue weighted by Crippen LogP contribution is 2.29. The van der Waals surface area contributed by atoms with Crippen LogP contribution in [0.4, 0.5) is 10.1 Å². The Morgan fingerprint density at radius 1 is 1.00 bits per heavy atom. The molecule has 0 spiro atoms. The van der Waals surface area contributed by atoms with E-state index in [9.17, 15) is 4.39 Å². The van der Waals surface area contributed by atoms with E-state index in [0.717, 1.165) is 31.6 Å². The van der Waals surface area contributed by atoms with Gasteiger partial charge in [-0.15, -0.1) is 0 Å². The highest BCUT2D eigenvalue weighted by molar-refractivity contribution is 5.50. The molecule has 19 heavy (non-hydrogen) atoms. The molecule has 0 radical (unpaired) electrons. The Morgan fingerprint density at radius 3 is 2.42 bits per heavy atom. The second-order valence-electron chi connectivity index (χ2n) is 5.69. The minimum atomic E-state index is -0.213. The summed E-state index contributed by atoms with van der Waals surface area (Å²) in [5, 5.41) is 0. The first kappa shape index (κ1) is 12.8. The molecule has 1 aromatic carbocycles. The molecule has 1 aliphatic heterocycles. The van der Waals surface area contributed by atoms with Crippen molar-refractivity contribution < 1.29 is 9.13 Å². The molecule has 0 atom stereocenters. The second-order valence-corrected chi connectivity index (χ2v) is 5.69. The molecule has 0 N–H and O–H groups in total. The van der Waals surface area contributed by atoms with Gasteiger partial charge in [0.15, 0.2) is 11.6 Å². The molecular weight excluding hydrogens is 241 g/mol. The molecule has 1 saturated carbocycles. The summed E-state index contributed by atoms with van der Waals surface area (Å²) in [4.78, 5) is 2.24. The van der Waals surface area contributed by atoms with Crippen LogP contribution in [0, 0.1) is 5.82 Å². The minimum absolute atomic E-state index is 0.209. The summed E-state index contributed by atoms with van der Waals surface area (Å²) in [5.74, 6) is 0.213. The van der Waals surface area contributed by atoms with E-state index in [0.29, 0.717) is 5.75 Å². The molecule has 0 bridgehead atoms. The Labute approximate surface area is 114 Å². The molecular formula is C16H22FNO. The molecule has 0 unspecified atom stereocenters. The molecule has 1 aromatic rings. The number of rotatable bonds is 3. The van der Waals surface area contributed by atoms with Gasteiger partial charge >= 0.3 is 0 Å². The van der Waals surface area contributed by atoms with Crippen molar-refractivity contribution in [3.05, 3.63) is 24.0 Å². The van der Waals surface area contributed by atoms with Gasteiger partial charge in [-0.3, -0.25) is 0 Å². The number of halogens is 1. The van der Waals surface area contributed by atoms with Crippen molar-refractivity contribution in [3.8, 4) is 5.75 Å². The first-order chi connectivity index (χ1) is 9.33. The van der Waals surface area contributed by atoms with Crippen LogP contribution in [-0.4, -0.2) is 19.2 Å². The maximum atomic E-state index is 14.1. The summed E-state index contributed by atoms with van der Waals surface area (Å²) in [5.41, 5.74) is 0.992. The van der Waals surface area contributed by atoms with Gasteiger partial charge in [0.25, 0.3) is 0 Å². The SMILES string of the molecule is Fc1cc(N2CCCC2)ccc1OC1CCCCC1. The van der Waals surface area contributed by atoms with Crippen LogP contribution in [0.5, 0.6) is 5.75 Å². The molecule has 3 rings (SSSR count). The van der Waals surface area contributed by atoms with Crippen molar-refractivity contribution >= 4 is 5.69 Å². The minimum Gasteiger partial charge on any atom is -0.487 e. The average Bonchev–Trinajstić information content (AvgIpc) is 2.96. The fourth-order valence-electron chi connectivity index (χ4n) is 3.12. The Bertz CT molecular complexity index is 423. The average molecular weight is 263 g/mol. The zero-order valence-corrected chi connectivity index (χ0v) is 11.4. The lowest BCUT2D eigenvalue weighted by Crippen LogP contribution is -2.21. The Hall–Kier alpha value is -1.25. The van der Waals surface area contributed by atoms with Crippen LogP contribution in [-0.2, 0) is 0 Å². The zero-order chi connectivity index (χ0) is 13.1. The largest absolute Gasteiger partial charge is 0.487 e. The summed E-state index contributed by atoms with van der Waals surface area (Å²) in [6, 6.07) is 5.42. The summed E-state index contributed by atoms with van der Waals surface area (Å²) in [7, 11) is 0. The van der Waals surface area contributed by atoms with Crippen LogP contribution in [0.1, 0.15) is 44.9 Å². The molecule has 2 fully saturated rings. The third-order valence-electron chi connectivity index (χ3n) is 4.23. The third-order valence-corrected chi connectivity index (χ3v) is 4.23. The molecule has 1 saturated heterocycles. The molecule has 1 heterocycles. The molecule has 2 aliphatic rings. The number of anilines is 1. The number of ether oxygens (including phenoxy) is 1. The van der Waals surface area contributed by atoms with Crippen molar-refractivity contribution in [2.24, 2.45) is 0 Å². The summed E-state index contributed by atoms with van der Waals surface area (Å²) in [6.07, 6.45) is 8.46. The highest BCUT2D eigenvalue weighted by atomic mass is 19.1. The van der Waals surface area contributed by atoms with Crippen LogP contribution in [0.2, 0.25) is 0 Å². The lowest BCUT2D eigenvalue weighted by molar-refractivity contribution is 0.149. The van der Waals surface area contributed by atoms with E-state index >= 15 is 0 Å². The topological polar surface area (TPSA) is 12.5 Å². The van der Waals surface area contributed by atoms with Gasteiger partial charge in [0.1, 0.15) is 0 Å². The standard InChI is InChI=1S/C16H22FNO/c17-15-12-13(18-10-4-5-11-18)8-9-16(15)19-14-6-2-1-3-7-14/h8-9,12,14H,1-7,10-11H2. The quantitative estimate of drug-likeness (QED) is 0.812. The lowest BCUT2D eigenvalue weighted by Gasteiger charge is -2.24. The summed E-state index contributed by atoms with van der Waals surface area (Å²) in [6.45, 7) is 2.09. The zero-order valence-electron chi connectivity index (χ0n) is 11.4. The van der Waals surface area contributed by atoms with E-state index in [1.807, 2.05) is 6.07 Å². The van der Waals surface area contributed by atoms with Gasteiger partial charge < -0.3 is 9.64 Å². The normalized spacial score (nSPS) is 20.8. The Balaban J connectivity index is 1.68. The van der Waals surface area contributed by atoms with Gasteiger partial charge in [0, 0.05) is 24.8 Å². The molecule has 104 valence electrons. The smallest absolute Gasteiger partial charge is 0.167 e. The van der Waals surface area contributed by atoms with Crippen LogP contribution < -0.4 is 9.64 Å².